The van der Waals surface area contributed by atoms with Crippen LogP contribution in [0.15, 0.2) is 84.0 Å². The second-order valence-electron chi connectivity index (χ2n) is 22.4. The smallest absolute Gasteiger partial charge is 0.414 e. The first-order valence-electron chi connectivity index (χ1n) is 26.9. The molecular formula is C60H84N2O16. The van der Waals surface area contributed by atoms with E-state index in [0.717, 1.165) is 61.4 Å². The Morgan fingerprint density at radius 2 is 0.949 bits per heavy atom. The molecule has 78 heavy (non-hydrogen) atoms. The van der Waals surface area contributed by atoms with Gasteiger partial charge in [-0.25, -0.2) is 19.2 Å². The number of allylic oxidation sites excluding steroid dienone is 2. The van der Waals surface area contributed by atoms with Gasteiger partial charge in [0.1, 0.15) is 71.5 Å². The number of hydrogen-bond donors (Lipinski definition) is 2. The summed E-state index contributed by atoms with van der Waals surface area (Å²) < 4.78 is 59.7. The minimum absolute atomic E-state index is 0.0149. The first kappa shape index (κ1) is 61.8. The Morgan fingerprint density at radius 3 is 1.23 bits per heavy atom. The van der Waals surface area contributed by atoms with Crippen molar-refractivity contribution in [3.05, 3.63) is 95.1 Å². The van der Waals surface area contributed by atoms with Gasteiger partial charge in [0.25, 0.3) is 0 Å². The van der Waals surface area contributed by atoms with Gasteiger partial charge < -0.3 is 67.4 Å². The highest BCUT2D eigenvalue weighted by molar-refractivity contribution is 6.27. The van der Waals surface area contributed by atoms with Crippen molar-refractivity contribution in [3.63, 3.8) is 0 Å². The lowest BCUT2D eigenvalue weighted by molar-refractivity contribution is -0.167. The van der Waals surface area contributed by atoms with E-state index in [2.05, 4.69) is 63.5 Å². The number of esters is 2. The van der Waals surface area contributed by atoms with Crippen LogP contribution in [-0.4, -0.2) is 185 Å². The number of ether oxygens (including phenoxy) is 10. The lowest BCUT2D eigenvalue weighted by Gasteiger charge is -2.42. The molecule has 18 heteroatoms. The molecule has 12 atom stereocenters. The van der Waals surface area contributed by atoms with Gasteiger partial charge in [0.15, 0.2) is 0 Å². The molecule has 0 aromatic heterocycles. The van der Waals surface area contributed by atoms with Gasteiger partial charge in [0.2, 0.25) is 0 Å². The van der Waals surface area contributed by atoms with Gasteiger partial charge in [0, 0.05) is 39.5 Å². The van der Waals surface area contributed by atoms with Crippen LogP contribution in [0.5, 0.6) is 11.5 Å². The molecule has 2 N–H and O–H groups in total. The van der Waals surface area contributed by atoms with Gasteiger partial charge in [-0.2, -0.15) is 0 Å². The lowest BCUT2D eigenvalue weighted by atomic mass is 9.68. The molecule has 4 saturated heterocycles. The third-order valence-corrected chi connectivity index (χ3v) is 15.4. The Morgan fingerprint density at radius 1 is 0.603 bits per heavy atom. The molecular weight excluding hydrogens is 1000 g/mol. The summed E-state index contributed by atoms with van der Waals surface area (Å²) in [4.78, 5) is 47.8. The molecule has 8 rings (SSSR count). The molecule has 2 aromatic carbocycles. The van der Waals surface area contributed by atoms with Crippen molar-refractivity contribution < 1.29 is 76.8 Å². The fourth-order valence-corrected chi connectivity index (χ4v) is 10.9. The fraction of sp³-hybridized carbons (Fsp3) is 0.600. The quantitative estimate of drug-likeness (QED) is 0.0380. The minimum Gasteiger partial charge on any atom is -0.492 e. The third-order valence-electron chi connectivity index (χ3n) is 15.4. The third kappa shape index (κ3) is 16.8. The second kappa shape index (κ2) is 27.1. The van der Waals surface area contributed by atoms with E-state index < -0.39 is 11.9 Å². The van der Waals surface area contributed by atoms with E-state index in [1.807, 2.05) is 76.7 Å². The lowest BCUT2D eigenvalue weighted by Crippen LogP contribution is -2.55. The number of likely N-dealkylation sites (N-methyl/N-ethyl adjacent to an activating group) is 2. The minimum atomic E-state index is -1.82. The van der Waals surface area contributed by atoms with Gasteiger partial charge in [-0.15, -0.1) is 0 Å². The van der Waals surface area contributed by atoms with Crippen LogP contribution < -0.4 is 9.47 Å². The molecule has 2 aromatic rings. The van der Waals surface area contributed by atoms with Crippen LogP contribution in [0.4, 0.5) is 0 Å². The molecule has 6 aliphatic rings. The predicted molar refractivity (Wildman–Crippen MR) is 293 cm³/mol. The van der Waals surface area contributed by atoms with Gasteiger partial charge in [-0.3, -0.25) is 0 Å². The topological polar surface area (TPSA) is 221 Å². The molecule has 18 nitrogen and oxygen atoms in total. The number of carbonyl (C=O) groups is 4. The molecule has 0 amide bonds. The number of methoxy groups -OCH3 is 2. The largest absolute Gasteiger partial charge is 0.492 e. The molecule has 4 aliphatic heterocycles. The van der Waals surface area contributed by atoms with Crippen molar-refractivity contribution in [3.8, 4) is 11.5 Å². The maximum absolute atomic E-state index is 12.7. The van der Waals surface area contributed by atoms with Crippen LogP contribution in [-0.2, 0) is 57.1 Å². The highest BCUT2D eigenvalue weighted by Crippen LogP contribution is 2.61. The fourth-order valence-electron chi connectivity index (χ4n) is 10.9. The zero-order valence-corrected chi connectivity index (χ0v) is 47.7. The maximum Gasteiger partial charge on any atom is 0.414 e. The summed E-state index contributed by atoms with van der Waals surface area (Å²) in [6.45, 7) is 17.1. The molecule has 0 radical (unpaired) electrons. The van der Waals surface area contributed by atoms with Crippen molar-refractivity contribution in [2.45, 2.75) is 139 Å². The normalized spacial score (nSPS) is 31.1. The number of aliphatic carboxylic acids is 2. The molecule has 2 aliphatic carbocycles. The summed E-state index contributed by atoms with van der Waals surface area (Å²) in [6, 6.07) is 15.3. The molecule has 2 spiro atoms. The zero-order chi connectivity index (χ0) is 57.0. The van der Waals surface area contributed by atoms with E-state index in [4.69, 9.17) is 67.2 Å². The number of nitrogens with zero attached hydrogens (tertiary/aromatic N) is 2. The molecule has 430 valence electrons. The maximum atomic E-state index is 12.7. The Kier molecular flexibility index (Phi) is 21.5. The van der Waals surface area contributed by atoms with Crippen molar-refractivity contribution in [2.24, 2.45) is 11.8 Å². The van der Waals surface area contributed by atoms with Gasteiger partial charge >= 0.3 is 23.9 Å². The number of hydrogen-bond acceptors (Lipinski definition) is 16. The highest BCUT2D eigenvalue weighted by atomic mass is 16.6. The number of benzene rings is 2. The van der Waals surface area contributed by atoms with Crippen LogP contribution in [0.3, 0.4) is 0 Å². The molecule has 2 saturated carbocycles. The van der Waals surface area contributed by atoms with Crippen LogP contribution in [0.25, 0.3) is 12.2 Å². The van der Waals surface area contributed by atoms with Gasteiger partial charge in [0.05, 0.1) is 37.3 Å². The number of epoxide rings is 4. The number of carbonyl (C=O) groups excluding carboxylic acids is 2. The Balaban J connectivity index is 0.000000228. The molecule has 4 heterocycles. The Labute approximate surface area is 460 Å². The summed E-state index contributed by atoms with van der Waals surface area (Å²) in [5, 5.41) is 14.8. The first-order valence-corrected chi connectivity index (χ1v) is 26.9. The van der Waals surface area contributed by atoms with E-state index in [1.165, 1.54) is 23.3 Å². The van der Waals surface area contributed by atoms with Crippen molar-refractivity contribution in [1.29, 1.82) is 0 Å². The molecule has 0 bridgehead atoms. The standard InChI is InChI=1S/2C29H41NO6.C2H2O4/c2*1-20(2)7-13-24-28(3,36-24)27-26(32-6)23(15-16-29(27)19-34-29)35-25(31)14-10-21-8-11-22(12-9-21)33-18-17-30(4)5;3-1(4)2(5)6/h2*7-12,14,23-24,26-27H,13,15-19H2,1-6H3;(H,3,4)(H,5,6)/b2*14-10+;/t2*23-,24?,26-,27-,28?,29?;/m11./s1. The highest BCUT2D eigenvalue weighted by Gasteiger charge is 2.73. The number of carboxylic acids is 2. The van der Waals surface area contributed by atoms with Crippen LogP contribution in [0.1, 0.15) is 91.2 Å². The zero-order valence-electron chi connectivity index (χ0n) is 47.7. The number of carboxylic acid groups (broad SMARTS) is 2. The van der Waals surface area contributed by atoms with Crippen molar-refractivity contribution >= 4 is 36.0 Å². The summed E-state index contributed by atoms with van der Waals surface area (Å²) in [5.74, 6) is -2.75. The van der Waals surface area contributed by atoms with E-state index >= 15 is 0 Å². The van der Waals surface area contributed by atoms with Gasteiger partial charge in [-0.1, -0.05) is 47.6 Å². The summed E-state index contributed by atoms with van der Waals surface area (Å²) in [7, 11) is 11.4. The predicted octanol–water partition coefficient (Wildman–Crippen LogP) is 7.68. The summed E-state index contributed by atoms with van der Waals surface area (Å²) in [6.07, 6.45) is 14.8. The van der Waals surface area contributed by atoms with E-state index in [0.29, 0.717) is 39.3 Å². The average Bonchev–Trinajstić information content (AvgIpc) is 4.36. The SMILES string of the molecule is CO[C@@H]1[C@H](OC(=O)/C=C/c2ccc(OCCN(C)C)cc2)CCC2(CO2)[C@H]1C1(C)OC1CC=C(C)C.CO[C@@H]1[C@H](OC(=O)/C=C/c2ccc(OCCN(C)C)cc2)CCC2(CO2)[C@H]1C1(C)OC1CC=C(C)C.O=C(O)C(=O)O. The monoisotopic (exact) mass is 1090 g/mol. The number of rotatable bonds is 22. The van der Waals surface area contributed by atoms with Gasteiger partial charge in [-0.05, 0) is 156 Å². The molecule has 6 fully saturated rings. The second-order valence-corrected chi connectivity index (χ2v) is 22.4. The van der Waals surface area contributed by atoms with Crippen LogP contribution in [0.2, 0.25) is 0 Å². The van der Waals surface area contributed by atoms with Crippen LogP contribution >= 0.6 is 0 Å². The molecule has 6 unspecified atom stereocenters. The van der Waals surface area contributed by atoms with E-state index in [1.54, 1.807) is 26.4 Å². The summed E-state index contributed by atoms with van der Waals surface area (Å²) >= 11 is 0. The summed E-state index contributed by atoms with van der Waals surface area (Å²) in [5.41, 5.74) is 3.21. The Bertz CT molecular complexity index is 2280. The van der Waals surface area contributed by atoms with E-state index in [-0.39, 0.29) is 82.8 Å². The van der Waals surface area contributed by atoms with Crippen molar-refractivity contribution in [1.82, 2.24) is 9.80 Å². The average molecular weight is 1090 g/mol. The van der Waals surface area contributed by atoms with Crippen molar-refractivity contribution in [2.75, 3.05) is 81.9 Å². The van der Waals surface area contributed by atoms with E-state index in [9.17, 15) is 9.59 Å². The first-order chi connectivity index (χ1) is 37.0. The Hall–Kier alpha value is -5.44. The van der Waals surface area contributed by atoms with Crippen LogP contribution in [0, 0.1) is 11.8 Å².